The Morgan fingerprint density at radius 3 is 2.46 bits per heavy atom. The van der Waals surface area contributed by atoms with Crippen LogP contribution in [0.2, 0.25) is 0 Å². The van der Waals surface area contributed by atoms with Crippen LogP contribution in [0.4, 0.5) is 5.69 Å². The van der Waals surface area contributed by atoms with Crippen LogP contribution in [0.5, 0.6) is 0 Å². The van der Waals surface area contributed by atoms with Crippen LogP contribution in [-0.4, -0.2) is 42.5 Å². The molecule has 0 radical (unpaired) electrons. The molecule has 0 bridgehead atoms. The predicted octanol–water partition coefficient (Wildman–Crippen LogP) is 3.35. The average Bonchev–Trinajstić information content (AvgIpc) is 2.70. The van der Waals surface area contributed by atoms with Gasteiger partial charge >= 0.3 is 5.97 Å². The number of anilines is 1. The maximum absolute atomic E-state index is 12.5. The summed E-state index contributed by atoms with van der Waals surface area (Å²) in [7, 11) is 1.71. The number of esters is 1. The normalized spacial score (nSPS) is 15.6. The molecule has 0 aromatic heterocycles. The van der Waals surface area contributed by atoms with Crippen molar-refractivity contribution < 1.29 is 14.3 Å². The summed E-state index contributed by atoms with van der Waals surface area (Å²) in [5.74, 6) is -0.456. The fourth-order valence-electron chi connectivity index (χ4n) is 3.20. The molecule has 26 heavy (non-hydrogen) atoms. The van der Waals surface area contributed by atoms with Gasteiger partial charge in [0.05, 0.1) is 24.8 Å². The number of likely N-dealkylation sites (N-methyl/N-ethyl adjacent to an activating group) is 1. The Labute approximate surface area is 155 Å². The van der Waals surface area contributed by atoms with Gasteiger partial charge in [-0.1, -0.05) is 26.2 Å². The van der Waals surface area contributed by atoms with E-state index in [1.807, 2.05) is 6.92 Å². The van der Waals surface area contributed by atoms with Crippen molar-refractivity contribution in [3.8, 4) is 6.07 Å². The SMILES string of the molecule is CCCOC(=O)c1ccc(NCC(=O)N(C)C2(C#N)CCCCC2)cc1. The van der Waals surface area contributed by atoms with Crippen LogP contribution < -0.4 is 5.32 Å². The molecule has 1 saturated carbocycles. The second kappa shape index (κ2) is 9.23. The summed E-state index contributed by atoms with van der Waals surface area (Å²) < 4.78 is 5.09. The third kappa shape index (κ3) is 4.75. The third-order valence-electron chi connectivity index (χ3n) is 4.91. The molecule has 140 valence electrons. The van der Waals surface area contributed by atoms with Crippen LogP contribution >= 0.6 is 0 Å². The molecule has 0 heterocycles. The molecule has 1 aliphatic carbocycles. The van der Waals surface area contributed by atoms with E-state index in [-0.39, 0.29) is 18.4 Å². The molecule has 0 unspecified atom stereocenters. The Bertz CT molecular complexity index is 658. The molecular weight excluding hydrogens is 330 g/mol. The molecule has 1 amide bonds. The molecule has 1 aliphatic rings. The van der Waals surface area contributed by atoms with Gasteiger partial charge in [-0.05, 0) is 43.5 Å². The molecule has 1 fully saturated rings. The van der Waals surface area contributed by atoms with Crippen molar-refractivity contribution in [3.05, 3.63) is 29.8 Å². The molecule has 0 saturated heterocycles. The van der Waals surface area contributed by atoms with E-state index in [0.717, 1.165) is 44.2 Å². The van der Waals surface area contributed by atoms with Crippen molar-refractivity contribution in [2.75, 3.05) is 25.5 Å². The lowest BCUT2D eigenvalue weighted by atomic mass is 9.81. The van der Waals surface area contributed by atoms with Gasteiger partial charge < -0.3 is 15.0 Å². The maximum atomic E-state index is 12.5. The van der Waals surface area contributed by atoms with Crippen molar-refractivity contribution in [3.63, 3.8) is 0 Å². The number of nitrogens with one attached hydrogen (secondary N) is 1. The van der Waals surface area contributed by atoms with E-state index in [1.54, 1.807) is 36.2 Å². The van der Waals surface area contributed by atoms with E-state index in [1.165, 1.54) is 0 Å². The van der Waals surface area contributed by atoms with Crippen LogP contribution in [0.15, 0.2) is 24.3 Å². The molecule has 1 N–H and O–H groups in total. The molecule has 2 rings (SSSR count). The minimum atomic E-state index is -0.677. The molecular formula is C20H27N3O3. The summed E-state index contributed by atoms with van der Waals surface area (Å²) in [5, 5.41) is 12.6. The van der Waals surface area contributed by atoms with Crippen LogP contribution in [-0.2, 0) is 9.53 Å². The Morgan fingerprint density at radius 1 is 1.23 bits per heavy atom. The van der Waals surface area contributed by atoms with Crippen molar-refractivity contribution in [2.45, 2.75) is 51.0 Å². The van der Waals surface area contributed by atoms with E-state index >= 15 is 0 Å². The number of amides is 1. The Balaban J connectivity index is 1.90. The summed E-state index contributed by atoms with van der Waals surface area (Å²) in [5.41, 5.74) is 0.552. The highest BCUT2D eigenvalue weighted by Crippen LogP contribution is 2.32. The summed E-state index contributed by atoms with van der Waals surface area (Å²) in [6.45, 7) is 2.46. The minimum Gasteiger partial charge on any atom is -0.462 e. The highest BCUT2D eigenvalue weighted by Gasteiger charge is 2.38. The van der Waals surface area contributed by atoms with Gasteiger partial charge in [-0.25, -0.2) is 4.79 Å². The number of nitrogens with zero attached hydrogens (tertiary/aromatic N) is 2. The van der Waals surface area contributed by atoms with Crippen molar-refractivity contribution in [1.29, 1.82) is 5.26 Å². The highest BCUT2D eigenvalue weighted by molar-refractivity contribution is 5.90. The van der Waals surface area contributed by atoms with Crippen molar-refractivity contribution >= 4 is 17.6 Å². The summed E-state index contributed by atoms with van der Waals surface area (Å²) >= 11 is 0. The van der Waals surface area contributed by atoms with E-state index < -0.39 is 5.54 Å². The van der Waals surface area contributed by atoms with Gasteiger partial charge in [-0.2, -0.15) is 5.26 Å². The molecule has 6 nitrogen and oxygen atoms in total. The molecule has 1 aromatic carbocycles. The third-order valence-corrected chi connectivity index (χ3v) is 4.91. The monoisotopic (exact) mass is 357 g/mol. The number of hydrogen-bond donors (Lipinski definition) is 1. The molecule has 0 aliphatic heterocycles. The standard InChI is InChI=1S/C20H27N3O3/c1-3-13-26-19(25)16-7-9-17(10-8-16)22-14-18(24)23(2)20(15-21)11-5-4-6-12-20/h7-10,22H,3-6,11-14H2,1-2H3. The number of hydrogen-bond acceptors (Lipinski definition) is 5. The van der Waals surface area contributed by atoms with Crippen LogP contribution in [0.1, 0.15) is 55.8 Å². The zero-order chi connectivity index (χ0) is 19.0. The summed E-state index contributed by atoms with van der Waals surface area (Å²) in [6.07, 6.45) is 5.34. The lowest BCUT2D eigenvalue weighted by Crippen LogP contribution is -2.51. The van der Waals surface area contributed by atoms with Gasteiger partial charge in [0.1, 0.15) is 5.54 Å². The zero-order valence-corrected chi connectivity index (χ0v) is 15.6. The second-order valence-corrected chi connectivity index (χ2v) is 6.72. The van der Waals surface area contributed by atoms with E-state index in [9.17, 15) is 14.9 Å². The Kier molecular flexibility index (Phi) is 7.02. The number of carbonyl (C=O) groups excluding carboxylic acids is 2. The van der Waals surface area contributed by atoms with E-state index in [4.69, 9.17) is 4.74 Å². The van der Waals surface area contributed by atoms with Gasteiger partial charge in [0.15, 0.2) is 0 Å². The number of nitriles is 1. The number of rotatable bonds is 7. The molecule has 1 aromatic rings. The Hall–Kier alpha value is -2.55. The van der Waals surface area contributed by atoms with Crippen molar-refractivity contribution in [2.24, 2.45) is 0 Å². The molecule has 6 heteroatoms. The molecule has 0 atom stereocenters. The Morgan fingerprint density at radius 2 is 1.88 bits per heavy atom. The van der Waals surface area contributed by atoms with Crippen LogP contribution in [0, 0.1) is 11.3 Å². The smallest absolute Gasteiger partial charge is 0.338 e. The van der Waals surface area contributed by atoms with Gasteiger partial charge in [-0.3, -0.25) is 4.79 Å². The zero-order valence-electron chi connectivity index (χ0n) is 15.6. The van der Waals surface area contributed by atoms with Gasteiger partial charge in [0.2, 0.25) is 5.91 Å². The maximum Gasteiger partial charge on any atom is 0.338 e. The topological polar surface area (TPSA) is 82.4 Å². The summed E-state index contributed by atoms with van der Waals surface area (Å²) in [6, 6.07) is 9.20. The summed E-state index contributed by atoms with van der Waals surface area (Å²) in [4.78, 5) is 25.9. The fourth-order valence-corrected chi connectivity index (χ4v) is 3.20. The largest absolute Gasteiger partial charge is 0.462 e. The number of carbonyl (C=O) groups is 2. The number of ether oxygens (including phenoxy) is 1. The van der Waals surface area contributed by atoms with E-state index in [0.29, 0.717) is 12.2 Å². The minimum absolute atomic E-state index is 0.111. The molecule has 0 spiro atoms. The van der Waals surface area contributed by atoms with Crippen LogP contribution in [0.3, 0.4) is 0 Å². The lowest BCUT2D eigenvalue weighted by molar-refractivity contribution is -0.132. The quantitative estimate of drug-likeness (QED) is 0.757. The van der Waals surface area contributed by atoms with Crippen molar-refractivity contribution in [1.82, 2.24) is 4.90 Å². The lowest BCUT2D eigenvalue weighted by Gasteiger charge is -2.39. The van der Waals surface area contributed by atoms with E-state index in [2.05, 4.69) is 11.4 Å². The first-order chi connectivity index (χ1) is 12.5. The van der Waals surface area contributed by atoms with Gasteiger partial charge in [0.25, 0.3) is 0 Å². The van der Waals surface area contributed by atoms with Crippen LogP contribution in [0.25, 0.3) is 0 Å². The first-order valence-electron chi connectivity index (χ1n) is 9.21. The fraction of sp³-hybridized carbons (Fsp3) is 0.550. The average molecular weight is 357 g/mol. The first-order valence-corrected chi connectivity index (χ1v) is 9.21. The van der Waals surface area contributed by atoms with Gasteiger partial charge in [-0.15, -0.1) is 0 Å². The van der Waals surface area contributed by atoms with Gasteiger partial charge in [0, 0.05) is 12.7 Å². The predicted molar refractivity (Wildman–Crippen MR) is 99.7 cm³/mol. The highest BCUT2D eigenvalue weighted by atomic mass is 16.5. The second-order valence-electron chi connectivity index (χ2n) is 6.72. The first kappa shape index (κ1) is 19.8. The number of benzene rings is 1.